The maximum atomic E-state index is 4.41. The van der Waals surface area contributed by atoms with Crippen LogP contribution >= 0.6 is 0 Å². The van der Waals surface area contributed by atoms with Crippen molar-refractivity contribution in [3.05, 3.63) is 77.5 Å². The topological polar surface area (TPSA) is 12.9 Å². The molecule has 0 spiro atoms. The number of benzene rings is 2. The molecule has 3 rings (SSSR count). The molecule has 1 heteroatoms. The molecule has 2 aromatic carbocycles. The lowest BCUT2D eigenvalue weighted by atomic mass is 10.1. The Kier molecular flexibility index (Phi) is 3.00. The fourth-order valence-electron chi connectivity index (χ4n) is 1.92. The largest absolute Gasteiger partial charge is 0.255 e. The lowest BCUT2D eigenvalue weighted by molar-refractivity contribution is 1.39. The molecule has 0 aliphatic carbocycles. The summed E-state index contributed by atoms with van der Waals surface area (Å²) in [5.74, 6) is 6.32. The first-order valence-electron chi connectivity index (χ1n) is 6.25. The zero-order chi connectivity index (χ0) is 13.1. The lowest BCUT2D eigenvalue weighted by Gasteiger charge is -1.96. The molecule has 3 aromatic rings. The lowest BCUT2D eigenvalue weighted by Crippen LogP contribution is -1.82. The van der Waals surface area contributed by atoms with E-state index in [1.165, 1.54) is 5.56 Å². The summed E-state index contributed by atoms with van der Waals surface area (Å²) in [4.78, 5) is 4.41. The van der Waals surface area contributed by atoms with E-state index >= 15 is 0 Å². The quantitative estimate of drug-likeness (QED) is 0.545. The van der Waals surface area contributed by atoms with Crippen LogP contribution in [0.2, 0.25) is 0 Å². The number of aromatic nitrogens is 1. The zero-order valence-corrected chi connectivity index (χ0v) is 10.7. The maximum absolute atomic E-state index is 4.41. The monoisotopic (exact) mass is 243 g/mol. The highest BCUT2D eigenvalue weighted by molar-refractivity contribution is 5.79. The van der Waals surface area contributed by atoms with Crippen molar-refractivity contribution in [2.75, 3.05) is 0 Å². The van der Waals surface area contributed by atoms with Gasteiger partial charge in [-0.2, -0.15) is 0 Å². The molecule has 0 N–H and O–H groups in total. The van der Waals surface area contributed by atoms with Crippen molar-refractivity contribution in [3.8, 4) is 11.8 Å². The predicted octanol–water partition coefficient (Wildman–Crippen LogP) is 3.94. The van der Waals surface area contributed by atoms with Crippen molar-refractivity contribution < 1.29 is 0 Å². The molecule has 0 fully saturated rings. The zero-order valence-electron chi connectivity index (χ0n) is 10.7. The number of pyridine rings is 1. The molecule has 0 unspecified atom stereocenters. The molecule has 0 saturated carbocycles. The van der Waals surface area contributed by atoms with Gasteiger partial charge in [-0.05, 0) is 31.2 Å². The van der Waals surface area contributed by atoms with Crippen molar-refractivity contribution in [2.45, 2.75) is 6.92 Å². The highest BCUT2D eigenvalue weighted by Crippen LogP contribution is 2.12. The normalized spacial score (nSPS) is 9.95. The van der Waals surface area contributed by atoms with Gasteiger partial charge in [0.15, 0.2) is 0 Å². The third-order valence-corrected chi connectivity index (χ3v) is 2.99. The Balaban J connectivity index is 1.95. The molecule has 0 saturated heterocycles. The minimum Gasteiger partial charge on any atom is -0.255 e. The van der Waals surface area contributed by atoms with Gasteiger partial charge >= 0.3 is 0 Å². The van der Waals surface area contributed by atoms with Crippen LogP contribution in [0, 0.1) is 18.8 Å². The van der Waals surface area contributed by atoms with Crippen LogP contribution in [0.15, 0.2) is 60.8 Å². The molecule has 0 aliphatic rings. The summed E-state index contributed by atoms with van der Waals surface area (Å²) in [6.07, 6.45) is 1.82. The van der Waals surface area contributed by atoms with Crippen molar-refractivity contribution in [1.29, 1.82) is 0 Å². The number of hydrogen-bond donors (Lipinski definition) is 0. The van der Waals surface area contributed by atoms with Crippen LogP contribution in [-0.2, 0) is 0 Å². The standard InChI is InChI=1S/C18H13N/c1-14-6-8-15(9-7-14)10-11-16-12-17-4-2-3-5-18(17)19-13-16/h2-9,12-13H,1H3. The van der Waals surface area contributed by atoms with Gasteiger partial charge in [0.05, 0.1) is 5.52 Å². The highest BCUT2D eigenvalue weighted by Gasteiger charge is 1.94. The minimum atomic E-state index is 0.944. The molecule has 90 valence electrons. The van der Waals surface area contributed by atoms with E-state index in [2.05, 4.69) is 48.0 Å². The van der Waals surface area contributed by atoms with E-state index in [9.17, 15) is 0 Å². The van der Waals surface area contributed by atoms with Gasteiger partial charge in [-0.15, -0.1) is 0 Å². The number of rotatable bonds is 0. The van der Waals surface area contributed by atoms with Gasteiger partial charge in [-0.25, -0.2) is 0 Å². The second kappa shape index (κ2) is 4.96. The van der Waals surface area contributed by atoms with Crippen LogP contribution in [0.4, 0.5) is 0 Å². The van der Waals surface area contributed by atoms with Gasteiger partial charge in [0, 0.05) is 22.7 Å². The van der Waals surface area contributed by atoms with Gasteiger partial charge in [-0.1, -0.05) is 47.7 Å². The van der Waals surface area contributed by atoms with Crippen molar-refractivity contribution in [3.63, 3.8) is 0 Å². The van der Waals surface area contributed by atoms with Crippen LogP contribution in [0.3, 0.4) is 0 Å². The number of para-hydroxylation sites is 1. The Morgan fingerprint density at radius 3 is 2.42 bits per heavy atom. The molecule has 1 nitrogen and oxygen atoms in total. The molecular formula is C18H13N. The van der Waals surface area contributed by atoms with E-state index in [1.54, 1.807) is 0 Å². The Hall–Kier alpha value is -2.59. The van der Waals surface area contributed by atoms with Crippen molar-refractivity contribution in [2.24, 2.45) is 0 Å². The van der Waals surface area contributed by atoms with Gasteiger partial charge in [0.1, 0.15) is 0 Å². The molecule has 1 heterocycles. The summed E-state index contributed by atoms with van der Waals surface area (Å²) in [5.41, 5.74) is 4.22. The first-order chi connectivity index (χ1) is 9.31. The van der Waals surface area contributed by atoms with Gasteiger partial charge in [0.25, 0.3) is 0 Å². The summed E-state index contributed by atoms with van der Waals surface area (Å²) in [7, 11) is 0. The van der Waals surface area contributed by atoms with E-state index in [4.69, 9.17) is 0 Å². The fourth-order valence-corrected chi connectivity index (χ4v) is 1.92. The van der Waals surface area contributed by atoms with E-state index in [1.807, 2.05) is 36.5 Å². The molecule has 0 radical (unpaired) electrons. The van der Waals surface area contributed by atoms with Gasteiger partial charge < -0.3 is 0 Å². The molecule has 0 bridgehead atoms. The average molecular weight is 243 g/mol. The predicted molar refractivity (Wildman–Crippen MR) is 78.9 cm³/mol. The third kappa shape index (κ3) is 2.64. The van der Waals surface area contributed by atoms with Crippen LogP contribution < -0.4 is 0 Å². The van der Waals surface area contributed by atoms with Crippen LogP contribution in [-0.4, -0.2) is 4.98 Å². The molecule has 0 aliphatic heterocycles. The van der Waals surface area contributed by atoms with E-state index in [0.29, 0.717) is 0 Å². The Morgan fingerprint density at radius 1 is 0.842 bits per heavy atom. The summed E-state index contributed by atoms with van der Waals surface area (Å²) in [6, 6.07) is 18.4. The number of fused-ring (bicyclic) bond motifs is 1. The third-order valence-electron chi connectivity index (χ3n) is 2.99. The maximum Gasteiger partial charge on any atom is 0.0702 e. The fraction of sp³-hybridized carbons (Fsp3) is 0.0556. The highest BCUT2D eigenvalue weighted by atomic mass is 14.6. The Labute approximate surface area is 112 Å². The van der Waals surface area contributed by atoms with Crippen molar-refractivity contribution in [1.82, 2.24) is 4.98 Å². The molecule has 19 heavy (non-hydrogen) atoms. The summed E-state index contributed by atoms with van der Waals surface area (Å²) in [5, 5.41) is 1.12. The Morgan fingerprint density at radius 2 is 1.58 bits per heavy atom. The molecule has 1 aromatic heterocycles. The second-order valence-electron chi connectivity index (χ2n) is 4.53. The van der Waals surface area contributed by atoms with Crippen LogP contribution in [0.5, 0.6) is 0 Å². The average Bonchev–Trinajstić information content (AvgIpc) is 2.46. The van der Waals surface area contributed by atoms with Crippen LogP contribution in [0.25, 0.3) is 10.9 Å². The van der Waals surface area contributed by atoms with Crippen LogP contribution in [0.1, 0.15) is 16.7 Å². The minimum absolute atomic E-state index is 0.944. The second-order valence-corrected chi connectivity index (χ2v) is 4.53. The van der Waals surface area contributed by atoms with Gasteiger partial charge in [-0.3, -0.25) is 4.98 Å². The summed E-state index contributed by atoms with van der Waals surface area (Å²) >= 11 is 0. The summed E-state index contributed by atoms with van der Waals surface area (Å²) in [6.45, 7) is 2.07. The molecular weight excluding hydrogens is 230 g/mol. The van der Waals surface area contributed by atoms with E-state index in [0.717, 1.165) is 22.0 Å². The SMILES string of the molecule is Cc1ccc(C#Cc2cnc3ccccc3c2)cc1. The molecule has 0 amide bonds. The van der Waals surface area contributed by atoms with E-state index < -0.39 is 0 Å². The summed E-state index contributed by atoms with van der Waals surface area (Å²) < 4.78 is 0. The van der Waals surface area contributed by atoms with Gasteiger partial charge in [0.2, 0.25) is 0 Å². The smallest absolute Gasteiger partial charge is 0.0702 e. The number of aryl methyl sites for hydroxylation is 1. The number of nitrogens with zero attached hydrogens (tertiary/aromatic N) is 1. The first-order valence-corrected chi connectivity index (χ1v) is 6.25. The van der Waals surface area contributed by atoms with Crippen molar-refractivity contribution >= 4 is 10.9 Å². The number of hydrogen-bond acceptors (Lipinski definition) is 1. The molecule has 0 atom stereocenters. The first kappa shape index (κ1) is 11.5. The van der Waals surface area contributed by atoms with E-state index in [-0.39, 0.29) is 0 Å². The Bertz CT molecular complexity index is 774.